The largest absolute Gasteiger partial charge is 0.495 e. The highest BCUT2D eigenvalue weighted by atomic mass is 16.5. The van der Waals surface area contributed by atoms with E-state index in [1.165, 1.54) is 5.56 Å². The average Bonchev–Trinajstić information content (AvgIpc) is 2.83. The molecule has 0 aliphatic heterocycles. The van der Waals surface area contributed by atoms with Gasteiger partial charge in [0.1, 0.15) is 11.4 Å². The maximum Gasteiger partial charge on any atom is 0.143 e. The van der Waals surface area contributed by atoms with Crippen molar-refractivity contribution in [3.63, 3.8) is 0 Å². The van der Waals surface area contributed by atoms with Gasteiger partial charge in [0, 0.05) is 18.6 Å². The number of fused-ring (bicyclic) bond motifs is 1. The molecule has 0 unspecified atom stereocenters. The molecule has 0 spiro atoms. The zero-order valence-electron chi connectivity index (χ0n) is 12.4. The lowest BCUT2D eigenvalue weighted by atomic mass is 10.2. The molecule has 3 rings (SSSR count). The molecule has 0 saturated carbocycles. The van der Waals surface area contributed by atoms with Gasteiger partial charge in [-0.25, -0.2) is 0 Å². The van der Waals surface area contributed by atoms with Gasteiger partial charge in [-0.3, -0.25) is 0 Å². The molecule has 0 radical (unpaired) electrons. The molecule has 0 atom stereocenters. The number of aryl methyl sites for hydroxylation is 2. The van der Waals surface area contributed by atoms with Crippen molar-refractivity contribution < 1.29 is 4.74 Å². The highest BCUT2D eigenvalue weighted by Gasteiger charge is 2.10. The predicted molar refractivity (Wildman–Crippen MR) is 84.8 cm³/mol. The quantitative estimate of drug-likeness (QED) is 0.628. The third-order valence-corrected chi connectivity index (χ3v) is 3.47. The van der Waals surface area contributed by atoms with Gasteiger partial charge in [-0.05, 0) is 25.1 Å². The van der Waals surface area contributed by atoms with Crippen molar-refractivity contribution >= 4 is 22.3 Å². The predicted octanol–water partition coefficient (Wildman–Crippen LogP) is 4.91. The molecule has 4 heteroatoms. The molecule has 2 aromatic carbocycles. The summed E-state index contributed by atoms with van der Waals surface area (Å²) in [6.45, 7) is 2.05. The summed E-state index contributed by atoms with van der Waals surface area (Å²) in [4.78, 5) is 0. The molecule has 0 N–H and O–H groups in total. The molecule has 1 aromatic heterocycles. The average molecular weight is 279 g/mol. The first-order valence-electron chi connectivity index (χ1n) is 6.79. The molecule has 1 heterocycles. The molecule has 0 bridgehead atoms. The minimum absolute atomic E-state index is 0.840. The molecule has 3 aromatic rings. The molecule has 21 heavy (non-hydrogen) atoms. The first-order valence-corrected chi connectivity index (χ1v) is 6.79. The molecular formula is C17H17N3O. The van der Waals surface area contributed by atoms with Crippen molar-refractivity contribution in [2.75, 3.05) is 7.11 Å². The summed E-state index contributed by atoms with van der Waals surface area (Å²) in [5.41, 5.74) is 3.93. The smallest absolute Gasteiger partial charge is 0.143 e. The lowest BCUT2D eigenvalue weighted by Crippen LogP contribution is -1.89. The Morgan fingerprint density at radius 1 is 1.00 bits per heavy atom. The summed E-state index contributed by atoms with van der Waals surface area (Å²) in [5, 5.41) is 9.72. The Balaban J connectivity index is 2.03. The van der Waals surface area contributed by atoms with Crippen LogP contribution in [0.15, 0.2) is 58.9 Å². The van der Waals surface area contributed by atoms with Gasteiger partial charge in [0.05, 0.1) is 18.3 Å². The molecule has 0 amide bonds. The molecule has 0 saturated heterocycles. The van der Waals surface area contributed by atoms with E-state index in [0.717, 1.165) is 28.0 Å². The highest BCUT2D eigenvalue weighted by molar-refractivity contribution is 5.95. The lowest BCUT2D eigenvalue weighted by Gasteiger charge is -2.03. The fourth-order valence-electron chi connectivity index (χ4n) is 2.38. The van der Waals surface area contributed by atoms with Gasteiger partial charge in [-0.1, -0.05) is 29.8 Å². The molecule has 106 valence electrons. The standard InChI is InChI=1S/C17H17N3O/c1-12-7-9-13(10-8-12)18-19-15-11-20(2)17-14(15)5-4-6-16(17)21-3/h4-11H,1-3H3. The zero-order chi connectivity index (χ0) is 14.8. The number of para-hydroxylation sites is 1. The fourth-order valence-corrected chi connectivity index (χ4v) is 2.38. The van der Waals surface area contributed by atoms with Gasteiger partial charge < -0.3 is 9.30 Å². The van der Waals surface area contributed by atoms with Crippen molar-refractivity contribution in [3.8, 4) is 5.75 Å². The minimum atomic E-state index is 0.840. The van der Waals surface area contributed by atoms with Crippen LogP contribution in [0.4, 0.5) is 11.4 Å². The second-order valence-corrected chi connectivity index (χ2v) is 5.02. The van der Waals surface area contributed by atoms with Gasteiger partial charge in [0.25, 0.3) is 0 Å². The lowest BCUT2D eigenvalue weighted by molar-refractivity contribution is 0.418. The van der Waals surface area contributed by atoms with Gasteiger partial charge >= 0.3 is 0 Å². The van der Waals surface area contributed by atoms with Crippen LogP contribution in [0.1, 0.15) is 5.56 Å². The van der Waals surface area contributed by atoms with Crippen LogP contribution < -0.4 is 4.74 Å². The molecule has 4 nitrogen and oxygen atoms in total. The Kier molecular flexibility index (Phi) is 3.44. The number of ether oxygens (including phenoxy) is 1. The van der Waals surface area contributed by atoms with E-state index in [9.17, 15) is 0 Å². The third kappa shape index (κ3) is 2.52. The number of rotatable bonds is 3. The maximum atomic E-state index is 5.40. The van der Waals surface area contributed by atoms with Gasteiger partial charge in [0.2, 0.25) is 0 Å². The summed E-state index contributed by atoms with van der Waals surface area (Å²) >= 11 is 0. The fraction of sp³-hybridized carbons (Fsp3) is 0.176. The molecule has 0 aliphatic rings. The van der Waals surface area contributed by atoms with E-state index >= 15 is 0 Å². The minimum Gasteiger partial charge on any atom is -0.495 e. The van der Waals surface area contributed by atoms with Crippen molar-refractivity contribution in [3.05, 3.63) is 54.2 Å². The summed E-state index contributed by atoms with van der Waals surface area (Å²) in [6.07, 6.45) is 1.96. The Morgan fingerprint density at radius 3 is 2.48 bits per heavy atom. The van der Waals surface area contributed by atoms with E-state index in [1.54, 1.807) is 7.11 Å². The third-order valence-electron chi connectivity index (χ3n) is 3.47. The van der Waals surface area contributed by atoms with E-state index in [1.807, 2.05) is 60.3 Å². The highest BCUT2D eigenvalue weighted by Crippen LogP contribution is 2.34. The number of hydrogen-bond acceptors (Lipinski definition) is 3. The normalized spacial score (nSPS) is 11.4. The van der Waals surface area contributed by atoms with E-state index < -0.39 is 0 Å². The van der Waals surface area contributed by atoms with Crippen LogP contribution in [0, 0.1) is 6.92 Å². The van der Waals surface area contributed by atoms with Crippen LogP contribution in [0.2, 0.25) is 0 Å². The van der Waals surface area contributed by atoms with Crippen molar-refractivity contribution in [1.82, 2.24) is 4.57 Å². The summed E-state index contributed by atoms with van der Waals surface area (Å²) in [7, 11) is 3.66. The monoisotopic (exact) mass is 279 g/mol. The number of aromatic nitrogens is 1. The van der Waals surface area contributed by atoms with Crippen LogP contribution in [0.5, 0.6) is 5.75 Å². The van der Waals surface area contributed by atoms with Crippen LogP contribution in [-0.2, 0) is 7.05 Å². The zero-order valence-corrected chi connectivity index (χ0v) is 12.4. The van der Waals surface area contributed by atoms with Crippen LogP contribution in [0.3, 0.4) is 0 Å². The number of benzene rings is 2. The first kappa shape index (κ1) is 13.4. The van der Waals surface area contributed by atoms with E-state index in [-0.39, 0.29) is 0 Å². The van der Waals surface area contributed by atoms with E-state index in [0.29, 0.717) is 0 Å². The number of hydrogen-bond donors (Lipinski definition) is 0. The Hall–Kier alpha value is -2.62. The van der Waals surface area contributed by atoms with Crippen LogP contribution >= 0.6 is 0 Å². The SMILES string of the molecule is COc1cccc2c(N=Nc3ccc(C)cc3)cn(C)c12. The van der Waals surface area contributed by atoms with Crippen molar-refractivity contribution in [2.24, 2.45) is 17.3 Å². The van der Waals surface area contributed by atoms with Crippen molar-refractivity contribution in [1.29, 1.82) is 0 Å². The maximum absolute atomic E-state index is 5.40. The molecule has 0 aliphatic carbocycles. The van der Waals surface area contributed by atoms with Gasteiger partial charge in [-0.2, -0.15) is 5.11 Å². The Bertz CT molecular complexity index is 801. The summed E-state index contributed by atoms with van der Waals surface area (Å²) in [5.74, 6) is 0.840. The topological polar surface area (TPSA) is 38.9 Å². The molecular weight excluding hydrogens is 262 g/mol. The van der Waals surface area contributed by atoms with Gasteiger partial charge in [0.15, 0.2) is 0 Å². The second-order valence-electron chi connectivity index (χ2n) is 5.02. The Morgan fingerprint density at radius 2 is 1.76 bits per heavy atom. The van der Waals surface area contributed by atoms with Crippen molar-refractivity contribution in [2.45, 2.75) is 6.92 Å². The number of methoxy groups -OCH3 is 1. The number of nitrogens with zero attached hydrogens (tertiary/aromatic N) is 3. The summed E-state index contributed by atoms with van der Waals surface area (Å²) in [6, 6.07) is 13.9. The van der Waals surface area contributed by atoms with Gasteiger partial charge in [-0.15, -0.1) is 5.11 Å². The van der Waals surface area contributed by atoms with E-state index in [4.69, 9.17) is 4.74 Å². The second kappa shape index (κ2) is 5.40. The number of azo groups is 1. The Labute approximate surface area is 123 Å². The molecule has 0 fully saturated rings. The van der Waals surface area contributed by atoms with Crippen LogP contribution in [-0.4, -0.2) is 11.7 Å². The van der Waals surface area contributed by atoms with E-state index in [2.05, 4.69) is 17.2 Å². The van der Waals surface area contributed by atoms with Crippen LogP contribution in [0.25, 0.3) is 10.9 Å². The first-order chi connectivity index (χ1) is 10.2. The summed E-state index contributed by atoms with van der Waals surface area (Å²) < 4.78 is 7.42.